The van der Waals surface area contributed by atoms with Crippen molar-refractivity contribution >= 4 is 11.5 Å². The molecule has 0 saturated carbocycles. The number of aliphatic hydroxyl groups excluding tert-OH is 1. The van der Waals surface area contributed by atoms with E-state index < -0.39 is 0 Å². The average molecular weight is 274 g/mol. The molecule has 0 unspecified atom stereocenters. The maximum absolute atomic E-state index is 9.05. The Bertz CT molecular complexity index is 599. The Hall–Kier alpha value is -1.62. The minimum atomic E-state index is 0.307. The van der Waals surface area contributed by atoms with Crippen LogP contribution in [0.2, 0.25) is 0 Å². The third-order valence-corrected chi connectivity index (χ3v) is 4.13. The molecule has 1 fully saturated rings. The Morgan fingerprint density at radius 1 is 1.20 bits per heavy atom. The smallest absolute Gasteiger partial charge is 0.157 e. The zero-order valence-electron chi connectivity index (χ0n) is 12.2. The highest BCUT2D eigenvalue weighted by molar-refractivity contribution is 5.52. The Balaban J connectivity index is 1.87. The predicted molar refractivity (Wildman–Crippen MR) is 79.1 cm³/mol. The highest BCUT2D eigenvalue weighted by Gasteiger charge is 2.21. The van der Waals surface area contributed by atoms with Gasteiger partial charge in [0.25, 0.3) is 0 Å². The summed E-state index contributed by atoms with van der Waals surface area (Å²) in [5.74, 6) is 1.80. The molecule has 3 heterocycles. The van der Waals surface area contributed by atoms with E-state index in [1.54, 1.807) is 0 Å². The molecule has 20 heavy (non-hydrogen) atoms. The quantitative estimate of drug-likeness (QED) is 0.929. The van der Waals surface area contributed by atoms with Gasteiger partial charge in [-0.2, -0.15) is 9.61 Å². The van der Waals surface area contributed by atoms with Crippen LogP contribution in [0.1, 0.15) is 30.7 Å². The lowest BCUT2D eigenvalue weighted by Crippen LogP contribution is -2.35. The third-order valence-electron chi connectivity index (χ3n) is 4.13. The van der Waals surface area contributed by atoms with Crippen molar-refractivity contribution in [3.63, 3.8) is 0 Å². The van der Waals surface area contributed by atoms with Gasteiger partial charge in [-0.15, -0.1) is 0 Å². The minimum Gasteiger partial charge on any atom is -0.396 e. The van der Waals surface area contributed by atoms with Gasteiger partial charge in [0.1, 0.15) is 5.82 Å². The molecule has 5 nitrogen and oxygen atoms in total. The van der Waals surface area contributed by atoms with Crippen LogP contribution in [0.5, 0.6) is 0 Å². The lowest BCUT2D eigenvalue weighted by atomic mass is 9.94. The van der Waals surface area contributed by atoms with Gasteiger partial charge in [-0.1, -0.05) is 0 Å². The third kappa shape index (κ3) is 2.50. The van der Waals surface area contributed by atoms with E-state index in [1.807, 2.05) is 24.4 Å². The summed E-state index contributed by atoms with van der Waals surface area (Å²) in [7, 11) is 0. The van der Waals surface area contributed by atoms with Crippen LogP contribution in [-0.4, -0.2) is 39.4 Å². The van der Waals surface area contributed by atoms with Crippen LogP contribution in [0.3, 0.4) is 0 Å². The number of aryl methyl sites for hydroxylation is 2. The monoisotopic (exact) mass is 274 g/mol. The standard InChI is InChI=1S/C15H22N4O/c1-11-10-15(19-14(16-11)9-12(2)17-19)18-6-3-13(4-7-18)5-8-20/h9-10,13,20H,3-8H2,1-2H3. The molecular weight excluding hydrogens is 252 g/mol. The molecule has 0 bridgehead atoms. The number of rotatable bonds is 3. The molecule has 2 aromatic rings. The first kappa shape index (κ1) is 13.4. The van der Waals surface area contributed by atoms with Gasteiger partial charge in [0.05, 0.1) is 5.69 Å². The largest absolute Gasteiger partial charge is 0.396 e. The second-order valence-corrected chi connectivity index (χ2v) is 5.75. The maximum Gasteiger partial charge on any atom is 0.157 e. The molecular formula is C15H22N4O. The fraction of sp³-hybridized carbons (Fsp3) is 0.600. The summed E-state index contributed by atoms with van der Waals surface area (Å²) >= 11 is 0. The Kier molecular flexibility index (Phi) is 3.61. The second-order valence-electron chi connectivity index (χ2n) is 5.75. The lowest BCUT2D eigenvalue weighted by Gasteiger charge is -2.33. The molecule has 1 aliphatic rings. The normalized spacial score (nSPS) is 17.1. The summed E-state index contributed by atoms with van der Waals surface area (Å²) in [4.78, 5) is 6.93. The van der Waals surface area contributed by atoms with E-state index in [2.05, 4.69) is 21.0 Å². The van der Waals surface area contributed by atoms with Crippen molar-refractivity contribution in [1.29, 1.82) is 0 Å². The number of anilines is 1. The number of fused-ring (bicyclic) bond motifs is 1. The fourth-order valence-corrected chi connectivity index (χ4v) is 3.05. The van der Waals surface area contributed by atoms with E-state index in [-0.39, 0.29) is 0 Å². The molecule has 0 aliphatic carbocycles. The first-order valence-electron chi connectivity index (χ1n) is 7.37. The number of aliphatic hydroxyl groups is 1. The summed E-state index contributed by atoms with van der Waals surface area (Å²) in [6.07, 6.45) is 3.22. The highest BCUT2D eigenvalue weighted by atomic mass is 16.3. The summed E-state index contributed by atoms with van der Waals surface area (Å²) in [6.45, 7) is 6.40. The topological polar surface area (TPSA) is 53.7 Å². The molecule has 0 radical (unpaired) electrons. The van der Waals surface area contributed by atoms with E-state index in [4.69, 9.17) is 5.11 Å². The van der Waals surface area contributed by atoms with Gasteiger partial charge >= 0.3 is 0 Å². The molecule has 0 aromatic carbocycles. The van der Waals surface area contributed by atoms with Crippen molar-refractivity contribution in [2.45, 2.75) is 33.1 Å². The van der Waals surface area contributed by atoms with Crippen molar-refractivity contribution in [3.05, 3.63) is 23.5 Å². The minimum absolute atomic E-state index is 0.307. The molecule has 2 aromatic heterocycles. The van der Waals surface area contributed by atoms with Crippen LogP contribution >= 0.6 is 0 Å². The van der Waals surface area contributed by atoms with Gasteiger partial charge in [0.15, 0.2) is 5.65 Å². The van der Waals surface area contributed by atoms with Crippen LogP contribution in [0.4, 0.5) is 5.82 Å². The van der Waals surface area contributed by atoms with Crippen LogP contribution in [0.15, 0.2) is 12.1 Å². The summed E-state index contributed by atoms with van der Waals surface area (Å²) in [5.41, 5.74) is 2.96. The van der Waals surface area contributed by atoms with Gasteiger partial charge in [0, 0.05) is 37.5 Å². The Labute approximate surface area is 119 Å². The van der Waals surface area contributed by atoms with Crippen LogP contribution < -0.4 is 4.90 Å². The second kappa shape index (κ2) is 5.40. The lowest BCUT2D eigenvalue weighted by molar-refractivity contribution is 0.240. The van der Waals surface area contributed by atoms with E-state index in [0.717, 1.165) is 55.2 Å². The number of piperidine rings is 1. The van der Waals surface area contributed by atoms with Gasteiger partial charge in [-0.3, -0.25) is 0 Å². The van der Waals surface area contributed by atoms with Gasteiger partial charge in [-0.05, 0) is 39.0 Å². The predicted octanol–water partition coefficient (Wildman–Crippen LogP) is 1.94. The number of hydrogen-bond acceptors (Lipinski definition) is 4. The molecule has 108 valence electrons. The van der Waals surface area contributed by atoms with E-state index >= 15 is 0 Å². The van der Waals surface area contributed by atoms with Gasteiger partial charge in [-0.25, -0.2) is 4.98 Å². The van der Waals surface area contributed by atoms with Crippen molar-refractivity contribution in [2.24, 2.45) is 5.92 Å². The summed E-state index contributed by atoms with van der Waals surface area (Å²) < 4.78 is 1.95. The van der Waals surface area contributed by atoms with Crippen molar-refractivity contribution in [2.75, 3.05) is 24.6 Å². The van der Waals surface area contributed by atoms with Crippen LogP contribution in [0.25, 0.3) is 5.65 Å². The van der Waals surface area contributed by atoms with E-state index in [9.17, 15) is 0 Å². The molecule has 1 N–H and O–H groups in total. The fourth-order valence-electron chi connectivity index (χ4n) is 3.05. The number of hydrogen-bond donors (Lipinski definition) is 1. The van der Waals surface area contributed by atoms with Gasteiger partial charge < -0.3 is 10.0 Å². The Morgan fingerprint density at radius 2 is 1.95 bits per heavy atom. The van der Waals surface area contributed by atoms with Gasteiger partial charge in [0.2, 0.25) is 0 Å². The van der Waals surface area contributed by atoms with Crippen LogP contribution in [0, 0.1) is 19.8 Å². The first-order valence-corrected chi connectivity index (χ1v) is 7.37. The summed E-state index contributed by atoms with van der Waals surface area (Å²) in [6, 6.07) is 4.14. The zero-order valence-corrected chi connectivity index (χ0v) is 12.2. The first-order chi connectivity index (χ1) is 9.67. The molecule has 1 aliphatic heterocycles. The molecule has 0 amide bonds. The van der Waals surface area contributed by atoms with E-state index in [1.165, 1.54) is 0 Å². The summed E-state index contributed by atoms with van der Waals surface area (Å²) in [5, 5.41) is 13.6. The molecule has 5 heteroatoms. The van der Waals surface area contributed by atoms with Crippen molar-refractivity contribution < 1.29 is 5.11 Å². The van der Waals surface area contributed by atoms with Crippen LogP contribution in [-0.2, 0) is 0 Å². The van der Waals surface area contributed by atoms with E-state index in [0.29, 0.717) is 12.5 Å². The highest BCUT2D eigenvalue weighted by Crippen LogP contribution is 2.26. The number of aromatic nitrogens is 3. The maximum atomic E-state index is 9.05. The zero-order chi connectivity index (χ0) is 14.1. The SMILES string of the molecule is Cc1cc(N2CCC(CCO)CC2)n2nc(C)cc2n1. The molecule has 0 atom stereocenters. The average Bonchev–Trinajstić information content (AvgIpc) is 2.79. The number of nitrogens with zero attached hydrogens (tertiary/aromatic N) is 4. The molecule has 1 saturated heterocycles. The van der Waals surface area contributed by atoms with Crippen molar-refractivity contribution in [3.8, 4) is 0 Å². The molecule has 3 rings (SSSR count). The molecule has 0 spiro atoms. The van der Waals surface area contributed by atoms with Crippen molar-refractivity contribution in [1.82, 2.24) is 14.6 Å². The Morgan fingerprint density at radius 3 is 2.65 bits per heavy atom.